The number of ether oxygens (including phenoxy) is 1. The molecule has 8 heteroatoms. The molecule has 1 atom stereocenters. The highest BCUT2D eigenvalue weighted by atomic mass is 35.5. The minimum absolute atomic E-state index is 0.0584. The van der Waals surface area contributed by atoms with E-state index in [2.05, 4.69) is 36.3 Å². The Balaban J connectivity index is 1.78. The summed E-state index contributed by atoms with van der Waals surface area (Å²) >= 11 is 12.5. The third-order valence-corrected chi connectivity index (χ3v) is 6.62. The van der Waals surface area contributed by atoms with Gasteiger partial charge in [-0.3, -0.25) is 0 Å². The molecule has 0 saturated heterocycles. The van der Waals surface area contributed by atoms with E-state index in [1.165, 1.54) is 5.56 Å². The van der Waals surface area contributed by atoms with Crippen molar-refractivity contribution in [2.75, 3.05) is 7.11 Å². The number of halogens is 2. The van der Waals surface area contributed by atoms with Gasteiger partial charge in [0.2, 0.25) is 0 Å². The zero-order valence-corrected chi connectivity index (χ0v) is 21.1. The van der Waals surface area contributed by atoms with Gasteiger partial charge in [0.1, 0.15) is 11.6 Å². The van der Waals surface area contributed by atoms with Crippen LogP contribution in [0.3, 0.4) is 0 Å². The monoisotopic (exact) mass is 507 g/mol. The first-order chi connectivity index (χ1) is 16.9. The van der Waals surface area contributed by atoms with Gasteiger partial charge in [0.25, 0.3) is 0 Å². The van der Waals surface area contributed by atoms with Crippen molar-refractivity contribution in [2.24, 2.45) is 16.7 Å². The molecular formula is C27H27Cl2N5O. The zero-order valence-electron chi connectivity index (χ0n) is 19.6. The molecule has 0 amide bonds. The second-order valence-electron chi connectivity index (χ2n) is 8.40. The van der Waals surface area contributed by atoms with Crippen LogP contribution in [0.15, 0.2) is 77.9 Å². The third-order valence-electron chi connectivity index (χ3n) is 5.88. The fourth-order valence-corrected chi connectivity index (χ4v) is 4.40. The van der Waals surface area contributed by atoms with Gasteiger partial charge in [0, 0.05) is 12.0 Å². The first-order valence-corrected chi connectivity index (χ1v) is 11.9. The van der Waals surface area contributed by atoms with Crippen molar-refractivity contribution in [2.45, 2.75) is 25.7 Å². The lowest BCUT2D eigenvalue weighted by molar-refractivity contribution is 0.414. The molecule has 0 fully saturated rings. The molecule has 4 aromatic rings. The zero-order chi connectivity index (χ0) is 24.9. The average Bonchev–Trinajstić information content (AvgIpc) is 3.29. The van der Waals surface area contributed by atoms with Crippen LogP contribution in [0.25, 0.3) is 16.9 Å². The van der Waals surface area contributed by atoms with Crippen molar-refractivity contribution in [3.8, 4) is 22.7 Å². The van der Waals surface area contributed by atoms with E-state index in [1.807, 2.05) is 47.1 Å². The molecule has 35 heavy (non-hydrogen) atoms. The number of nitrogens with two attached hydrogens (primary N) is 2. The number of hydrogen-bond donors (Lipinski definition) is 2. The summed E-state index contributed by atoms with van der Waals surface area (Å²) in [6.07, 6.45) is 1.18. The van der Waals surface area contributed by atoms with Crippen LogP contribution >= 0.6 is 23.2 Å². The van der Waals surface area contributed by atoms with Crippen LogP contribution in [0.2, 0.25) is 10.0 Å². The van der Waals surface area contributed by atoms with E-state index in [-0.39, 0.29) is 5.92 Å². The molecule has 0 aliphatic carbocycles. The maximum absolute atomic E-state index is 6.34. The quantitative estimate of drug-likeness (QED) is 0.130. The average molecular weight is 508 g/mol. The minimum atomic E-state index is 0.0584. The molecule has 4 rings (SSSR count). The Bertz CT molecular complexity index is 1350. The van der Waals surface area contributed by atoms with Gasteiger partial charge in [-0.1, -0.05) is 59.1 Å². The number of rotatable bonds is 8. The molecule has 0 aliphatic heterocycles. The molecule has 1 unspecified atom stereocenters. The minimum Gasteiger partial charge on any atom is -0.497 e. The number of aryl methyl sites for hydroxylation is 1. The Morgan fingerprint density at radius 3 is 2.46 bits per heavy atom. The van der Waals surface area contributed by atoms with E-state index in [4.69, 9.17) is 44.6 Å². The van der Waals surface area contributed by atoms with E-state index < -0.39 is 0 Å². The van der Waals surface area contributed by atoms with Gasteiger partial charge in [0.05, 0.1) is 34.2 Å². The molecule has 0 bridgehead atoms. The first kappa shape index (κ1) is 24.6. The van der Waals surface area contributed by atoms with Crippen molar-refractivity contribution < 1.29 is 4.74 Å². The number of methoxy groups -OCH3 is 1. The van der Waals surface area contributed by atoms with Gasteiger partial charge in [-0.15, -0.1) is 0 Å². The summed E-state index contributed by atoms with van der Waals surface area (Å²) in [6, 6.07) is 23.8. The van der Waals surface area contributed by atoms with E-state index in [0.29, 0.717) is 28.7 Å². The number of aromatic nitrogens is 2. The number of hydrogen-bond acceptors (Lipinski definition) is 4. The highest BCUT2D eigenvalue weighted by molar-refractivity contribution is 6.42. The maximum Gasteiger partial charge on any atom is 0.119 e. The molecule has 4 N–H and O–H groups in total. The van der Waals surface area contributed by atoms with Crippen LogP contribution in [0, 0.1) is 6.92 Å². The highest BCUT2D eigenvalue weighted by Crippen LogP contribution is 2.32. The smallest absolute Gasteiger partial charge is 0.119 e. The second kappa shape index (κ2) is 10.8. The summed E-state index contributed by atoms with van der Waals surface area (Å²) in [6.45, 7) is 2.07. The fraction of sp³-hybridized carbons (Fsp3) is 0.185. The second-order valence-corrected chi connectivity index (χ2v) is 9.21. The largest absolute Gasteiger partial charge is 0.497 e. The van der Waals surface area contributed by atoms with E-state index in [0.717, 1.165) is 34.0 Å². The van der Waals surface area contributed by atoms with Gasteiger partial charge >= 0.3 is 0 Å². The van der Waals surface area contributed by atoms with Crippen molar-refractivity contribution in [3.63, 3.8) is 0 Å². The van der Waals surface area contributed by atoms with Gasteiger partial charge in [-0.05, 0) is 67.3 Å². The summed E-state index contributed by atoms with van der Waals surface area (Å²) in [5.41, 5.74) is 12.0. The van der Waals surface area contributed by atoms with Crippen molar-refractivity contribution in [3.05, 3.63) is 99.7 Å². The maximum atomic E-state index is 6.34. The SMILES string of the molecule is COc1ccc(-n2nc(CC(C/C(N)=N/N)c3cccc(C)c3)cc2-c2ccc(Cl)c(Cl)c2)cc1. The Morgan fingerprint density at radius 2 is 1.80 bits per heavy atom. The number of benzene rings is 3. The summed E-state index contributed by atoms with van der Waals surface area (Å²) < 4.78 is 7.22. The lowest BCUT2D eigenvalue weighted by atomic mass is 9.89. The summed E-state index contributed by atoms with van der Waals surface area (Å²) in [4.78, 5) is 0. The van der Waals surface area contributed by atoms with Crippen molar-refractivity contribution in [1.29, 1.82) is 0 Å². The molecule has 6 nitrogen and oxygen atoms in total. The van der Waals surface area contributed by atoms with Crippen molar-refractivity contribution in [1.82, 2.24) is 9.78 Å². The topological polar surface area (TPSA) is 91.5 Å². The molecule has 0 saturated carbocycles. The Labute approximate surface area is 215 Å². The van der Waals surface area contributed by atoms with Gasteiger partial charge in [0.15, 0.2) is 0 Å². The summed E-state index contributed by atoms with van der Waals surface area (Å²) in [5.74, 6) is 6.69. The lowest BCUT2D eigenvalue weighted by Gasteiger charge is -2.16. The highest BCUT2D eigenvalue weighted by Gasteiger charge is 2.19. The molecule has 0 radical (unpaired) electrons. The molecule has 0 spiro atoms. The van der Waals surface area contributed by atoms with Crippen LogP contribution < -0.4 is 16.3 Å². The van der Waals surface area contributed by atoms with E-state index >= 15 is 0 Å². The van der Waals surface area contributed by atoms with Crippen LogP contribution in [0.4, 0.5) is 0 Å². The van der Waals surface area contributed by atoms with Gasteiger partial charge < -0.3 is 16.3 Å². The van der Waals surface area contributed by atoms with Crippen LogP contribution in [-0.2, 0) is 6.42 Å². The lowest BCUT2D eigenvalue weighted by Crippen LogP contribution is -2.19. The van der Waals surface area contributed by atoms with Crippen LogP contribution in [0.5, 0.6) is 5.75 Å². The first-order valence-electron chi connectivity index (χ1n) is 11.2. The number of hydrazone groups is 1. The standard InChI is InChI=1S/C27H27Cl2N5O/c1-17-4-3-5-18(12-17)20(15-27(30)32-31)13-21-16-26(19-6-11-24(28)25(29)14-19)34(33-21)22-7-9-23(35-2)10-8-22/h3-12,14,16,20H,13,15,31H2,1-2H3,(H2,30,32). The Morgan fingerprint density at radius 1 is 1.03 bits per heavy atom. The van der Waals surface area contributed by atoms with Gasteiger partial charge in [-0.2, -0.15) is 10.2 Å². The summed E-state index contributed by atoms with van der Waals surface area (Å²) in [5, 5.41) is 9.66. The number of nitrogens with zero attached hydrogens (tertiary/aromatic N) is 3. The molecule has 1 aromatic heterocycles. The Kier molecular flexibility index (Phi) is 7.63. The number of amidine groups is 1. The normalized spacial score (nSPS) is 12.5. The predicted molar refractivity (Wildman–Crippen MR) is 144 cm³/mol. The fourth-order valence-electron chi connectivity index (χ4n) is 4.10. The van der Waals surface area contributed by atoms with E-state index in [1.54, 1.807) is 13.2 Å². The molecule has 1 heterocycles. The molecular weight excluding hydrogens is 481 g/mol. The van der Waals surface area contributed by atoms with E-state index in [9.17, 15) is 0 Å². The summed E-state index contributed by atoms with van der Waals surface area (Å²) in [7, 11) is 1.64. The Hall–Kier alpha value is -3.48. The van der Waals surface area contributed by atoms with Crippen molar-refractivity contribution >= 4 is 29.0 Å². The van der Waals surface area contributed by atoms with Crippen LogP contribution in [-0.4, -0.2) is 22.7 Å². The molecule has 180 valence electrons. The van der Waals surface area contributed by atoms with Gasteiger partial charge in [-0.25, -0.2) is 4.68 Å². The molecule has 3 aromatic carbocycles. The third kappa shape index (κ3) is 5.78. The predicted octanol–water partition coefficient (Wildman–Crippen LogP) is 6.11. The van der Waals surface area contributed by atoms with Crippen LogP contribution in [0.1, 0.15) is 29.2 Å². The molecule has 0 aliphatic rings.